The molecule has 0 aliphatic heterocycles. The lowest BCUT2D eigenvalue weighted by Gasteiger charge is -2.26. The predicted octanol–water partition coefficient (Wildman–Crippen LogP) is 7.01. The van der Waals surface area contributed by atoms with Crippen molar-refractivity contribution in [1.29, 1.82) is 10.5 Å². The Morgan fingerprint density at radius 1 is 0.423 bits per heavy atom. The lowest BCUT2D eigenvalue weighted by Crippen LogP contribution is -2.29. The summed E-state index contributed by atoms with van der Waals surface area (Å²) in [6.07, 6.45) is 19.8. The van der Waals surface area contributed by atoms with E-state index in [-0.39, 0.29) is 0 Å². The van der Waals surface area contributed by atoms with Crippen molar-refractivity contribution in [3.05, 3.63) is 0 Å². The zero-order valence-electron chi connectivity index (χ0n) is 16.5. The van der Waals surface area contributed by atoms with Gasteiger partial charge in [-0.1, -0.05) is 64.2 Å². The third-order valence-electron chi connectivity index (χ3n) is 6.21. The van der Waals surface area contributed by atoms with E-state index in [1.807, 2.05) is 0 Å². The Kier molecular flexibility index (Phi) is 9.10. The molecule has 0 aromatic carbocycles. The number of nitrogens with zero attached hydrogens (tertiary/aromatic N) is 4. The van der Waals surface area contributed by atoms with Crippen LogP contribution in [0.15, 0.2) is 10.2 Å². The van der Waals surface area contributed by atoms with Gasteiger partial charge in [0.05, 0.1) is 12.1 Å². The largest absolute Gasteiger partial charge is 0.196 e. The molecule has 0 amide bonds. The summed E-state index contributed by atoms with van der Waals surface area (Å²) in [5.74, 6) is 0. The molecular formula is C22H36N4. The third kappa shape index (κ3) is 6.71. The number of hydrogen-bond acceptors (Lipinski definition) is 4. The van der Waals surface area contributed by atoms with Crippen LogP contribution in [0.3, 0.4) is 0 Å². The zero-order valence-corrected chi connectivity index (χ0v) is 16.5. The first-order chi connectivity index (χ1) is 12.7. The van der Waals surface area contributed by atoms with E-state index in [9.17, 15) is 10.5 Å². The molecule has 4 heteroatoms. The summed E-state index contributed by atoms with van der Waals surface area (Å²) >= 11 is 0. The molecule has 0 heterocycles. The van der Waals surface area contributed by atoms with Crippen molar-refractivity contribution in [2.75, 3.05) is 0 Å². The molecule has 0 N–H and O–H groups in total. The van der Waals surface area contributed by atoms with Gasteiger partial charge in [0.25, 0.3) is 0 Å². The van der Waals surface area contributed by atoms with Crippen LogP contribution in [0.5, 0.6) is 0 Å². The van der Waals surface area contributed by atoms with Gasteiger partial charge in [-0.05, 0) is 51.4 Å². The van der Waals surface area contributed by atoms with Gasteiger partial charge in [0.2, 0.25) is 0 Å². The van der Waals surface area contributed by atoms with Gasteiger partial charge in [0.1, 0.15) is 0 Å². The number of nitriles is 2. The molecular weight excluding hydrogens is 320 g/mol. The molecule has 0 unspecified atom stereocenters. The summed E-state index contributed by atoms with van der Waals surface area (Å²) in [6, 6.07) is 4.99. The van der Waals surface area contributed by atoms with E-state index in [1.54, 1.807) is 0 Å². The lowest BCUT2D eigenvalue weighted by molar-refractivity contribution is 0.340. The van der Waals surface area contributed by atoms with Crippen LogP contribution in [0.4, 0.5) is 0 Å². The average molecular weight is 357 g/mol. The summed E-state index contributed by atoms with van der Waals surface area (Å²) < 4.78 is 0. The topological polar surface area (TPSA) is 72.3 Å². The first-order valence-electron chi connectivity index (χ1n) is 11.0. The summed E-state index contributed by atoms with van der Waals surface area (Å²) in [6.45, 7) is 0. The Balaban J connectivity index is 2.12. The highest BCUT2D eigenvalue weighted by Gasteiger charge is 2.34. The van der Waals surface area contributed by atoms with Gasteiger partial charge in [-0.3, -0.25) is 0 Å². The highest BCUT2D eigenvalue weighted by molar-refractivity contribution is 5.10. The Labute approximate surface area is 160 Å². The Bertz CT molecular complexity index is 445. The monoisotopic (exact) mass is 356 g/mol. The van der Waals surface area contributed by atoms with Crippen LogP contribution in [0, 0.1) is 22.7 Å². The third-order valence-corrected chi connectivity index (χ3v) is 6.21. The van der Waals surface area contributed by atoms with E-state index < -0.39 is 11.1 Å². The summed E-state index contributed by atoms with van der Waals surface area (Å²) in [5, 5.41) is 29.1. The van der Waals surface area contributed by atoms with Crippen LogP contribution in [-0.2, 0) is 0 Å². The summed E-state index contributed by atoms with van der Waals surface area (Å²) in [7, 11) is 0. The Morgan fingerprint density at radius 3 is 0.885 bits per heavy atom. The normalized spacial score (nSPS) is 25.6. The fourth-order valence-corrected chi connectivity index (χ4v) is 4.35. The minimum atomic E-state index is -0.698. The van der Waals surface area contributed by atoms with E-state index in [1.165, 1.54) is 64.2 Å². The predicted molar refractivity (Wildman–Crippen MR) is 105 cm³/mol. The smallest absolute Gasteiger partial charge is 0.167 e. The second kappa shape index (κ2) is 11.3. The molecule has 0 saturated heterocycles. The number of azo groups is 1. The molecule has 0 radical (unpaired) electrons. The molecule has 0 aromatic rings. The minimum Gasteiger partial charge on any atom is -0.196 e. The van der Waals surface area contributed by atoms with Gasteiger partial charge < -0.3 is 0 Å². The van der Waals surface area contributed by atoms with E-state index in [0.29, 0.717) is 0 Å². The van der Waals surface area contributed by atoms with Crippen LogP contribution in [0.25, 0.3) is 0 Å². The second-order valence-corrected chi connectivity index (χ2v) is 8.44. The van der Waals surface area contributed by atoms with Crippen LogP contribution >= 0.6 is 0 Å². The van der Waals surface area contributed by atoms with E-state index in [4.69, 9.17) is 0 Å². The molecule has 26 heavy (non-hydrogen) atoms. The fraction of sp³-hybridized carbons (Fsp3) is 0.909. The van der Waals surface area contributed by atoms with Crippen molar-refractivity contribution in [3.8, 4) is 12.1 Å². The second-order valence-electron chi connectivity index (χ2n) is 8.44. The first-order valence-corrected chi connectivity index (χ1v) is 11.0. The standard InChI is InChI=1S/C22H36N4/c23-19-21(15-11-7-3-1-4-8-12-16-21)25-26-22(20-24)17-13-9-5-2-6-10-14-18-22/h1-18H2/b26-25+. The van der Waals surface area contributed by atoms with Gasteiger partial charge in [0, 0.05) is 0 Å². The average Bonchev–Trinajstić information content (AvgIpc) is 2.69. The molecule has 144 valence electrons. The van der Waals surface area contributed by atoms with Gasteiger partial charge >= 0.3 is 0 Å². The maximum Gasteiger partial charge on any atom is 0.167 e. The van der Waals surface area contributed by atoms with Crippen molar-refractivity contribution in [3.63, 3.8) is 0 Å². The molecule has 2 saturated carbocycles. The molecule has 0 atom stereocenters. The molecule has 2 aliphatic carbocycles. The van der Waals surface area contributed by atoms with Crippen molar-refractivity contribution < 1.29 is 0 Å². The number of hydrogen-bond donors (Lipinski definition) is 0. The minimum absolute atomic E-state index is 0.698. The Hall–Kier alpha value is -1.42. The van der Waals surface area contributed by atoms with Gasteiger partial charge in [-0.2, -0.15) is 20.8 Å². The fourth-order valence-electron chi connectivity index (χ4n) is 4.35. The molecule has 2 rings (SSSR count). The molecule has 4 nitrogen and oxygen atoms in total. The van der Waals surface area contributed by atoms with E-state index >= 15 is 0 Å². The van der Waals surface area contributed by atoms with Crippen molar-refractivity contribution in [1.82, 2.24) is 0 Å². The van der Waals surface area contributed by atoms with Crippen LogP contribution in [0.2, 0.25) is 0 Å². The van der Waals surface area contributed by atoms with Crippen molar-refractivity contribution in [2.24, 2.45) is 10.2 Å². The zero-order chi connectivity index (χ0) is 18.6. The quantitative estimate of drug-likeness (QED) is 0.499. The highest BCUT2D eigenvalue weighted by Crippen LogP contribution is 2.33. The van der Waals surface area contributed by atoms with Crippen molar-refractivity contribution in [2.45, 2.75) is 127 Å². The molecule has 0 aromatic heterocycles. The Morgan fingerprint density at radius 2 is 0.654 bits per heavy atom. The lowest BCUT2D eigenvalue weighted by atomic mass is 9.86. The van der Waals surface area contributed by atoms with E-state index in [0.717, 1.165) is 51.4 Å². The van der Waals surface area contributed by atoms with Gasteiger partial charge in [0.15, 0.2) is 11.1 Å². The maximum absolute atomic E-state index is 9.90. The highest BCUT2D eigenvalue weighted by atomic mass is 15.2. The van der Waals surface area contributed by atoms with Gasteiger partial charge in [-0.25, -0.2) is 0 Å². The van der Waals surface area contributed by atoms with Gasteiger partial charge in [-0.15, -0.1) is 0 Å². The summed E-state index contributed by atoms with van der Waals surface area (Å²) in [4.78, 5) is 0. The van der Waals surface area contributed by atoms with Crippen molar-refractivity contribution >= 4 is 0 Å². The number of rotatable bonds is 2. The summed E-state index contributed by atoms with van der Waals surface area (Å²) in [5.41, 5.74) is -1.40. The van der Waals surface area contributed by atoms with Crippen LogP contribution in [0.1, 0.15) is 116 Å². The SMILES string of the molecule is N#CC1(/N=N/C2(C#N)CCCCCCCCC2)CCCCCCCCC1. The van der Waals surface area contributed by atoms with E-state index in [2.05, 4.69) is 22.4 Å². The van der Waals surface area contributed by atoms with Crippen LogP contribution < -0.4 is 0 Å². The van der Waals surface area contributed by atoms with Crippen LogP contribution in [-0.4, -0.2) is 11.1 Å². The molecule has 2 fully saturated rings. The molecule has 0 bridgehead atoms. The first kappa shape index (κ1) is 20.9. The molecule has 0 spiro atoms. The molecule has 2 aliphatic rings. The maximum atomic E-state index is 9.90.